The largest absolute Gasteiger partial charge is 0.382 e. The van der Waals surface area contributed by atoms with Gasteiger partial charge in [-0.15, -0.1) is 0 Å². The molecular formula is C20H25N5OSi. The van der Waals surface area contributed by atoms with Crippen LogP contribution in [0.1, 0.15) is 0 Å². The standard InChI is InChI=1S/C20H25N5OSi/c1-27(2,3)10-9-26-13-25-18-7-6-14(11-16(18)19(21)24-25)17-12-23-20-15(17)5-4-8-22-20/h4-8,11-12H,9-10,13H2,1-3H3,(H2,21,24)(H,22,23). The summed E-state index contributed by atoms with van der Waals surface area (Å²) in [5.74, 6) is 0.526. The number of pyridine rings is 1. The van der Waals surface area contributed by atoms with Crippen molar-refractivity contribution in [2.75, 3.05) is 12.3 Å². The van der Waals surface area contributed by atoms with E-state index in [0.29, 0.717) is 12.5 Å². The number of nitrogens with zero attached hydrogens (tertiary/aromatic N) is 3. The van der Waals surface area contributed by atoms with Crippen molar-refractivity contribution in [3.63, 3.8) is 0 Å². The fraction of sp³-hybridized carbons (Fsp3) is 0.300. The average Bonchev–Trinajstić information content (AvgIpc) is 3.19. The lowest BCUT2D eigenvalue weighted by Crippen LogP contribution is -2.22. The zero-order valence-corrected chi connectivity index (χ0v) is 17.0. The maximum atomic E-state index is 6.18. The number of H-pyrrole nitrogens is 1. The minimum absolute atomic E-state index is 0.425. The fourth-order valence-electron chi connectivity index (χ4n) is 3.19. The van der Waals surface area contributed by atoms with Crippen molar-refractivity contribution in [2.45, 2.75) is 32.4 Å². The number of fused-ring (bicyclic) bond motifs is 2. The van der Waals surface area contributed by atoms with Crippen molar-refractivity contribution < 1.29 is 4.74 Å². The van der Waals surface area contributed by atoms with E-state index in [4.69, 9.17) is 10.5 Å². The molecule has 140 valence electrons. The Morgan fingerprint density at radius 1 is 1.19 bits per heavy atom. The molecule has 4 rings (SSSR count). The third-order valence-electron chi connectivity index (χ3n) is 4.75. The number of rotatable bonds is 6. The molecule has 1 aromatic carbocycles. The summed E-state index contributed by atoms with van der Waals surface area (Å²) in [7, 11) is -1.09. The number of aromatic amines is 1. The van der Waals surface area contributed by atoms with Crippen molar-refractivity contribution in [2.24, 2.45) is 0 Å². The lowest BCUT2D eigenvalue weighted by atomic mass is 10.0. The highest BCUT2D eigenvalue weighted by molar-refractivity contribution is 6.76. The molecule has 0 aliphatic heterocycles. The second-order valence-electron chi connectivity index (χ2n) is 8.07. The van der Waals surface area contributed by atoms with Crippen LogP contribution in [0.15, 0.2) is 42.7 Å². The van der Waals surface area contributed by atoms with E-state index in [0.717, 1.165) is 45.7 Å². The van der Waals surface area contributed by atoms with Crippen LogP contribution < -0.4 is 5.73 Å². The highest BCUT2D eigenvalue weighted by atomic mass is 28.3. The molecule has 0 amide bonds. The van der Waals surface area contributed by atoms with Crippen molar-refractivity contribution in [3.8, 4) is 11.1 Å². The molecule has 0 bridgehead atoms. The number of aromatic nitrogens is 4. The van der Waals surface area contributed by atoms with Gasteiger partial charge in [0.15, 0.2) is 5.82 Å². The number of hydrogen-bond acceptors (Lipinski definition) is 4. The summed E-state index contributed by atoms with van der Waals surface area (Å²) in [5.41, 5.74) is 10.3. The molecule has 0 saturated carbocycles. The smallest absolute Gasteiger partial charge is 0.153 e. The first-order valence-corrected chi connectivity index (χ1v) is 12.9. The van der Waals surface area contributed by atoms with Gasteiger partial charge in [-0.05, 0) is 35.9 Å². The SMILES string of the molecule is C[Si](C)(C)CCOCn1nc(N)c2cc(-c3c[nH]c4ncccc34)ccc21. The van der Waals surface area contributed by atoms with Gasteiger partial charge in [-0.3, -0.25) is 0 Å². The molecule has 3 aromatic heterocycles. The fourth-order valence-corrected chi connectivity index (χ4v) is 3.95. The monoisotopic (exact) mass is 379 g/mol. The highest BCUT2D eigenvalue weighted by Gasteiger charge is 2.14. The van der Waals surface area contributed by atoms with Crippen LogP contribution in [-0.2, 0) is 11.5 Å². The number of nitrogen functional groups attached to an aromatic ring is 1. The Hall–Kier alpha value is -2.64. The zero-order valence-electron chi connectivity index (χ0n) is 16.0. The Balaban J connectivity index is 1.61. The predicted molar refractivity (Wildman–Crippen MR) is 113 cm³/mol. The summed E-state index contributed by atoms with van der Waals surface area (Å²) in [6, 6.07) is 11.4. The lowest BCUT2D eigenvalue weighted by Gasteiger charge is -2.15. The second kappa shape index (κ2) is 6.83. The molecule has 0 unspecified atom stereocenters. The van der Waals surface area contributed by atoms with E-state index in [9.17, 15) is 0 Å². The van der Waals surface area contributed by atoms with Gasteiger partial charge in [-0.2, -0.15) is 5.10 Å². The molecule has 4 aromatic rings. The molecule has 3 N–H and O–H groups in total. The number of benzene rings is 1. The molecule has 0 aliphatic rings. The lowest BCUT2D eigenvalue weighted by molar-refractivity contribution is 0.0819. The van der Waals surface area contributed by atoms with Crippen LogP contribution in [0.25, 0.3) is 33.1 Å². The van der Waals surface area contributed by atoms with E-state index in [2.05, 4.69) is 59.0 Å². The van der Waals surface area contributed by atoms with Crippen LogP contribution in [0, 0.1) is 0 Å². The molecular weight excluding hydrogens is 354 g/mol. The van der Waals surface area contributed by atoms with Gasteiger partial charge < -0.3 is 15.5 Å². The number of nitrogens with two attached hydrogens (primary N) is 1. The molecule has 0 saturated heterocycles. The molecule has 7 heteroatoms. The Kier molecular flexibility index (Phi) is 4.49. The molecule has 0 aliphatic carbocycles. The van der Waals surface area contributed by atoms with Crippen molar-refractivity contribution in [1.82, 2.24) is 19.7 Å². The molecule has 6 nitrogen and oxygen atoms in total. The summed E-state index contributed by atoms with van der Waals surface area (Å²) in [5, 5.41) is 6.51. The van der Waals surface area contributed by atoms with Crippen molar-refractivity contribution in [3.05, 3.63) is 42.7 Å². The second-order valence-corrected chi connectivity index (χ2v) is 13.7. The molecule has 0 radical (unpaired) electrons. The molecule has 0 atom stereocenters. The van der Waals surface area contributed by atoms with Gasteiger partial charge in [0.05, 0.1) is 5.52 Å². The number of nitrogens with one attached hydrogen (secondary N) is 1. The van der Waals surface area contributed by atoms with Gasteiger partial charge in [-0.25, -0.2) is 9.67 Å². The Labute approximate surface area is 159 Å². The third kappa shape index (κ3) is 3.61. The summed E-state index contributed by atoms with van der Waals surface area (Å²) in [4.78, 5) is 7.58. The van der Waals surface area contributed by atoms with E-state index >= 15 is 0 Å². The predicted octanol–water partition coefficient (Wildman–Crippen LogP) is 4.47. The first-order valence-electron chi connectivity index (χ1n) is 9.19. The summed E-state index contributed by atoms with van der Waals surface area (Å²) >= 11 is 0. The van der Waals surface area contributed by atoms with Gasteiger partial charge in [-0.1, -0.05) is 25.7 Å². The van der Waals surface area contributed by atoms with Crippen molar-refractivity contribution in [1.29, 1.82) is 0 Å². The number of anilines is 1. The van der Waals surface area contributed by atoms with Gasteiger partial charge in [0.2, 0.25) is 0 Å². The van der Waals surface area contributed by atoms with E-state index in [1.54, 1.807) is 6.20 Å². The molecule has 0 spiro atoms. The first kappa shape index (κ1) is 17.8. The van der Waals surface area contributed by atoms with Crippen molar-refractivity contribution >= 4 is 35.8 Å². The van der Waals surface area contributed by atoms with Gasteiger partial charge in [0, 0.05) is 43.4 Å². The summed E-state index contributed by atoms with van der Waals surface area (Å²) in [6.45, 7) is 8.23. The van der Waals surface area contributed by atoms with Crippen LogP contribution in [-0.4, -0.2) is 34.4 Å². The van der Waals surface area contributed by atoms with Crippen LogP contribution in [0.3, 0.4) is 0 Å². The summed E-state index contributed by atoms with van der Waals surface area (Å²) in [6.07, 6.45) is 3.77. The summed E-state index contributed by atoms with van der Waals surface area (Å²) < 4.78 is 7.69. The molecule has 3 heterocycles. The van der Waals surface area contributed by atoms with Crippen LogP contribution in [0.2, 0.25) is 25.7 Å². The van der Waals surface area contributed by atoms with Gasteiger partial charge >= 0.3 is 0 Å². The number of ether oxygens (including phenoxy) is 1. The Bertz CT molecular complexity index is 1090. The topological polar surface area (TPSA) is 81.8 Å². The van der Waals surface area contributed by atoms with Crippen LogP contribution in [0.5, 0.6) is 0 Å². The Morgan fingerprint density at radius 2 is 2.04 bits per heavy atom. The van der Waals surface area contributed by atoms with Gasteiger partial charge in [0.1, 0.15) is 12.4 Å². The zero-order chi connectivity index (χ0) is 19.0. The van der Waals surface area contributed by atoms with E-state index in [1.807, 2.05) is 16.9 Å². The van der Waals surface area contributed by atoms with E-state index in [-0.39, 0.29) is 0 Å². The Morgan fingerprint density at radius 3 is 2.85 bits per heavy atom. The van der Waals surface area contributed by atoms with E-state index < -0.39 is 8.07 Å². The highest BCUT2D eigenvalue weighted by Crippen LogP contribution is 2.31. The maximum Gasteiger partial charge on any atom is 0.153 e. The average molecular weight is 380 g/mol. The normalized spacial score (nSPS) is 12.3. The third-order valence-corrected chi connectivity index (χ3v) is 6.46. The van der Waals surface area contributed by atoms with Crippen LogP contribution >= 0.6 is 0 Å². The molecule has 0 fully saturated rings. The van der Waals surface area contributed by atoms with Crippen LogP contribution in [0.4, 0.5) is 5.82 Å². The minimum atomic E-state index is -1.09. The van der Waals surface area contributed by atoms with Gasteiger partial charge in [0.25, 0.3) is 0 Å². The maximum absolute atomic E-state index is 6.18. The number of hydrogen-bond donors (Lipinski definition) is 2. The van der Waals surface area contributed by atoms with E-state index in [1.165, 1.54) is 0 Å². The molecule has 27 heavy (non-hydrogen) atoms. The first-order chi connectivity index (χ1) is 12.9. The minimum Gasteiger partial charge on any atom is -0.382 e. The quantitative estimate of drug-likeness (QED) is 0.382.